The maximum atomic E-state index is 12.9. The first kappa shape index (κ1) is 20.1. The molecule has 6 nitrogen and oxygen atoms in total. The van der Waals surface area contributed by atoms with Crippen LogP contribution in [0.1, 0.15) is 30.9 Å². The number of hydrogen-bond acceptors (Lipinski definition) is 6. The molecule has 0 amide bonds. The molecule has 1 aliphatic rings. The molecule has 3 rings (SSSR count). The number of sulfonamides is 1. The van der Waals surface area contributed by atoms with E-state index < -0.39 is 10.0 Å². The molecule has 148 valence electrons. The molecule has 2 heterocycles. The summed E-state index contributed by atoms with van der Waals surface area (Å²) in [5.41, 5.74) is 1.16. The van der Waals surface area contributed by atoms with Gasteiger partial charge in [0.25, 0.3) is 0 Å². The Morgan fingerprint density at radius 2 is 1.93 bits per heavy atom. The van der Waals surface area contributed by atoms with Gasteiger partial charge in [0.05, 0.1) is 14.2 Å². The fraction of sp³-hybridized carbons (Fsp3) is 0.474. The van der Waals surface area contributed by atoms with Gasteiger partial charge in [-0.2, -0.15) is 11.3 Å². The van der Waals surface area contributed by atoms with E-state index in [4.69, 9.17) is 9.47 Å². The van der Waals surface area contributed by atoms with Crippen molar-refractivity contribution in [3.8, 4) is 11.5 Å². The third kappa shape index (κ3) is 4.82. The largest absolute Gasteiger partial charge is 0.497 e. The van der Waals surface area contributed by atoms with Crippen molar-refractivity contribution >= 4 is 21.4 Å². The first-order chi connectivity index (χ1) is 13.0. The quantitative estimate of drug-likeness (QED) is 0.723. The van der Waals surface area contributed by atoms with Crippen LogP contribution in [0.5, 0.6) is 11.5 Å². The number of nitrogens with zero attached hydrogens (tertiary/aromatic N) is 1. The van der Waals surface area contributed by atoms with E-state index >= 15 is 0 Å². The standard InChI is InChI=1S/C19H26N2O4S2/c1-24-16-6-7-19(18(12-16)25-2)27(22,23)20-13-17(15-8-11-26-14-15)21-9-4-3-5-10-21/h6-8,11-12,14,17,20H,3-5,9-10,13H2,1-2H3. The number of piperidine rings is 1. The van der Waals surface area contributed by atoms with E-state index in [9.17, 15) is 8.42 Å². The minimum Gasteiger partial charge on any atom is -0.497 e. The molecule has 1 saturated heterocycles. The van der Waals surface area contributed by atoms with Gasteiger partial charge in [-0.1, -0.05) is 6.42 Å². The lowest BCUT2D eigenvalue weighted by Gasteiger charge is -2.34. The number of ether oxygens (including phenoxy) is 2. The summed E-state index contributed by atoms with van der Waals surface area (Å²) < 4.78 is 39.0. The van der Waals surface area contributed by atoms with Crippen molar-refractivity contribution in [2.45, 2.75) is 30.2 Å². The highest BCUT2D eigenvalue weighted by molar-refractivity contribution is 7.89. The smallest absolute Gasteiger partial charge is 0.244 e. The highest BCUT2D eigenvalue weighted by Crippen LogP contribution is 2.30. The summed E-state index contributed by atoms with van der Waals surface area (Å²) in [6.07, 6.45) is 3.54. The number of thiophene rings is 1. The van der Waals surface area contributed by atoms with Crippen LogP contribution in [-0.2, 0) is 10.0 Å². The minimum atomic E-state index is -3.71. The summed E-state index contributed by atoms with van der Waals surface area (Å²) in [6.45, 7) is 2.32. The molecule has 1 aromatic heterocycles. The van der Waals surface area contributed by atoms with Crippen LogP contribution in [0.25, 0.3) is 0 Å². The van der Waals surface area contributed by atoms with Crippen molar-refractivity contribution in [2.24, 2.45) is 0 Å². The Labute approximate surface area is 165 Å². The predicted molar refractivity (Wildman–Crippen MR) is 107 cm³/mol. The van der Waals surface area contributed by atoms with E-state index in [1.54, 1.807) is 23.5 Å². The second kappa shape index (κ2) is 9.05. The lowest BCUT2D eigenvalue weighted by Crippen LogP contribution is -2.40. The highest BCUT2D eigenvalue weighted by Gasteiger charge is 2.26. The van der Waals surface area contributed by atoms with Gasteiger partial charge in [0, 0.05) is 18.7 Å². The molecule has 1 N–H and O–H groups in total. The van der Waals surface area contributed by atoms with E-state index in [0.29, 0.717) is 12.3 Å². The number of methoxy groups -OCH3 is 2. The summed E-state index contributed by atoms with van der Waals surface area (Å²) in [4.78, 5) is 2.49. The molecule has 0 bridgehead atoms. The molecular weight excluding hydrogens is 384 g/mol. The normalized spacial score (nSPS) is 16.8. The molecule has 1 aliphatic heterocycles. The van der Waals surface area contributed by atoms with Crippen LogP contribution in [0.2, 0.25) is 0 Å². The van der Waals surface area contributed by atoms with Crippen molar-refractivity contribution in [3.05, 3.63) is 40.6 Å². The summed E-state index contributed by atoms with van der Waals surface area (Å²) in [6, 6.07) is 6.83. The molecular formula is C19H26N2O4S2. The fourth-order valence-electron chi connectivity index (χ4n) is 3.42. The van der Waals surface area contributed by atoms with Gasteiger partial charge >= 0.3 is 0 Å². The number of benzene rings is 1. The maximum Gasteiger partial charge on any atom is 0.244 e. The molecule has 1 atom stereocenters. The van der Waals surface area contributed by atoms with E-state index in [1.165, 1.54) is 26.7 Å². The van der Waals surface area contributed by atoms with Gasteiger partial charge in [0.2, 0.25) is 10.0 Å². The van der Waals surface area contributed by atoms with Gasteiger partial charge in [0.15, 0.2) is 0 Å². The van der Waals surface area contributed by atoms with Crippen LogP contribution in [0, 0.1) is 0 Å². The third-order valence-corrected chi connectivity index (χ3v) is 7.05. The molecule has 2 aromatic rings. The highest BCUT2D eigenvalue weighted by atomic mass is 32.2. The van der Waals surface area contributed by atoms with Crippen LogP contribution in [0.15, 0.2) is 39.9 Å². The van der Waals surface area contributed by atoms with Gasteiger partial charge in [-0.3, -0.25) is 4.90 Å². The zero-order valence-electron chi connectivity index (χ0n) is 15.7. The topological polar surface area (TPSA) is 67.9 Å². The molecule has 1 aromatic carbocycles. The zero-order valence-corrected chi connectivity index (χ0v) is 17.3. The Morgan fingerprint density at radius 1 is 1.15 bits per heavy atom. The van der Waals surface area contributed by atoms with Gasteiger partial charge < -0.3 is 9.47 Å². The Kier molecular flexibility index (Phi) is 6.75. The maximum absolute atomic E-state index is 12.9. The second-order valence-corrected chi connectivity index (χ2v) is 9.05. The van der Waals surface area contributed by atoms with Gasteiger partial charge in [-0.25, -0.2) is 13.1 Å². The average molecular weight is 411 g/mol. The molecule has 8 heteroatoms. The second-order valence-electron chi connectivity index (χ2n) is 6.54. The van der Waals surface area contributed by atoms with Gasteiger partial charge in [0.1, 0.15) is 16.4 Å². The van der Waals surface area contributed by atoms with Crippen LogP contribution >= 0.6 is 11.3 Å². The fourth-order valence-corrected chi connectivity index (χ4v) is 5.31. The van der Waals surface area contributed by atoms with Crippen molar-refractivity contribution in [1.29, 1.82) is 0 Å². The third-order valence-electron chi connectivity index (χ3n) is 4.89. The van der Waals surface area contributed by atoms with E-state index in [0.717, 1.165) is 31.5 Å². The van der Waals surface area contributed by atoms with Crippen LogP contribution < -0.4 is 14.2 Å². The molecule has 1 unspecified atom stereocenters. The summed E-state index contributed by atoms with van der Waals surface area (Å²) >= 11 is 1.63. The molecule has 0 radical (unpaired) electrons. The molecule has 1 fully saturated rings. The first-order valence-corrected chi connectivity index (χ1v) is 11.5. The van der Waals surface area contributed by atoms with Crippen molar-refractivity contribution < 1.29 is 17.9 Å². The Hall–Kier alpha value is -1.61. The monoisotopic (exact) mass is 410 g/mol. The number of nitrogens with one attached hydrogen (secondary N) is 1. The Balaban J connectivity index is 1.80. The van der Waals surface area contributed by atoms with Crippen LogP contribution in [0.4, 0.5) is 0 Å². The number of rotatable bonds is 8. The minimum absolute atomic E-state index is 0.0376. The number of likely N-dealkylation sites (tertiary alicyclic amines) is 1. The first-order valence-electron chi connectivity index (χ1n) is 9.03. The Bertz CT molecular complexity index is 831. The van der Waals surface area contributed by atoms with Crippen molar-refractivity contribution in [3.63, 3.8) is 0 Å². The lowest BCUT2D eigenvalue weighted by molar-refractivity contribution is 0.165. The van der Waals surface area contributed by atoms with Gasteiger partial charge in [-0.15, -0.1) is 0 Å². The van der Waals surface area contributed by atoms with Gasteiger partial charge in [-0.05, 0) is 60.5 Å². The molecule has 0 saturated carbocycles. The van der Waals surface area contributed by atoms with E-state index in [-0.39, 0.29) is 16.7 Å². The van der Waals surface area contributed by atoms with Crippen LogP contribution in [-0.4, -0.2) is 47.2 Å². The van der Waals surface area contributed by atoms with E-state index in [2.05, 4.69) is 21.1 Å². The van der Waals surface area contributed by atoms with Crippen molar-refractivity contribution in [2.75, 3.05) is 33.9 Å². The predicted octanol–water partition coefficient (Wildman–Crippen LogP) is 3.27. The van der Waals surface area contributed by atoms with E-state index in [1.807, 2.05) is 5.38 Å². The molecule has 0 spiro atoms. The lowest BCUT2D eigenvalue weighted by atomic mass is 10.0. The Morgan fingerprint density at radius 3 is 2.56 bits per heavy atom. The van der Waals surface area contributed by atoms with Crippen molar-refractivity contribution in [1.82, 2.24) is 9.62 Å². The summed E-state index contributed by atoms with van der Waals surface area (Å²) in [7, 11) is -0.720. The zero-order chi connectivity index (χ0) is 19.3. The summed E-state index contributed by atoms with van der Waals surface area (Å²) in [5, 5.41) is 4.13. The SMILES string of the molecule is COc1ccc(S(=O)(=O)NCC(c2ccsc2)N2CCCCC2)c(OC)c1. The molecule has 0 aliphatic carbocycles. The average Bonchev–Trinajstić information content (AvgIpc) is 3.22. The van der Waals surface area contributed by atoms with Crippen LogP contribution in [0.3, 0.4) is 0 Å². The summed E-state index contributed by atoms with van der Waals surface area (Å²) in [5.74, 6) is 0.821. The number of hydrogen-bond donors (Lipinski definition) is 1. The molecule has 27 heavy (non-hydrogen) atoms.